The van der Waals surface area contributed by atoms with Crippen molar-refractivity contribution in [2.45, 2.75) is 0 Å². The molecule has 0 atom stereocenters. The van der Waals surface area contributed by atoms with Gasteiger partial charge in [-0.1, -0.05) is 6.58 Å². The van der Waals surface area contributed by atoms with Crippen LogP contribution in [0.15, 0.2) is 12.7 Å². The summed E-state index contributed by atoms with van der Waals surface area (Å²) < 4.78 is 0. The van der Waals surface area contributed by atoms with Gasteiger partial charge in [-0.05, 0) is 18.3 Å². The highest BCUT2D eigenvalue weighted by atomic mass is 32.1. The lowest BCUT2D eigenvalue weighted by molar-refractivity contribution is -0.171. The van der Waals surface area contributed by atoms with E-state index in [0.29, 0.717) is 0 Å². The van der Waals surface area contributed by atoms with E-state index in [9.17, 15) is 4.79 Å². The molecule has 0 aromatic carbocycles. The summed E-state index contributed by atoms with van der Waals surface area (Å²) in [7, 11) is 0. The number of carboxylic acid groups (broad SMARTS) is 1. The maximum atomic E-state index is 9.58. The molecular weight excluding hydrogens is 144 g/mol. The molecule has 0 aliphatic carbocycles. The van der Waals surface area contributed by atoms with Gasteiger partial charge >= 0.3 is 6.16 Å². The topological polar surface area (TPSA) is 55.8 Å². The minimum Gasteiger partial charge on any atom is -0.447 e. The second kappa shape index (κ2) is 3.85. The smallest absolute Gasteiger partial charge is 0.447 e. The molecule has 9 heavy (non-hydrogen) atoms. The number of hydrogen-bond acceptors (Lipinski definition) is 4. The van der Waals surface area contributed by atoms with Gasteiger partial charge < -0.3 is 5.11 Å². The Hall–Kier alpha value is -1.10. The normalized spacial score (nSPS) is 7.56. The van der Waals surface area contributed by atoms with Crippen molar-refractivity contribution in [1.82, 2.24) is 0 Å². The van der Waals surface area contributed by atoms with Crippen LogP contribution in [0, 0.1) is 0 Å². The van der Waals surface area contributed by atoms with E-state index in [1.54, 1.807) is 0 Å². The van der Waals surface area contributed by atoms with Crippen LogP contribution >= 0.6 is 12.2 Å². The zero-order valence-corrected chi connectivity index (χ0v) is 5.18. The Balaban J connectivity index is 3.39. The van der Waals surface area contributed by atoms with Crippen LogP contribution in [-0.4, -0.2) is 16.3 Å². The predicted octanol–water partition coefficient (Wildman–Crippen LogP) is 1.13. The average molecular weight is 148 g/mol. The van der Waals surface area contributed by atoms with Gasteiger partial charge in [0.15, 0.2) is 0 Å². The molecule has 0 radical (unpaired) electrons. The SMILES string of the molecule is C=CC(=S)OOC(=O)O. The monoisotopic (exact) mass is 148 g/mol. The molecule has 50 valence electrons. The molecule has 0 rings (SSSR count). The van der Waals surface area contributed by atoms with Crippen molar-refractivity contribution in [3.05, 3.63) is 12.7 Å². The molecule has 0 spiro atoms. The van der Waals surface area contributed by atoms with Crippen LogP contribution in [0.25, 0.3) is 0 Å². The van der Waals surface area contributed by atoms with Gasteiger partial charge in [-0.2, -0.15) is 0 Å². The molecule has 0 aromatic heterocycles. The predicted molar refractivity (Wildman–Crippen MR) is 33.0 cm³/mol. The Labute approximate surface area is 56.6 Å². The second-order valence-electron chi connectivity index (χ2n) is 0.956. The molecule has 0 aliphatic rings. The quantitative estimate of drug-likeness (QED) is 0.261. The van der Waals surface area contributed by atoms with E-state index in [-0.39, 0.29) is 5.05 Å². The summed E-state index contributed by atoms with van der Waals surface area (Å²) in [5, 5.41) is 7.70. The van der Waals surface area contributed by atoms with E-state index in [0.717, 1.165) is 6.08 Å². The highest BCUT2D eigenvalue weighted by Crippen LogP contribution is 1.84. The van der Waals surface area contributed by atoms with E-state index in [4.69, 9.17) is 5.11 Å². The largest absolute Gasteiger partial charge is 0.547 e. The summed E-state index contributed by atoms with van der Waals surface area (Å²) in [6.07, 6.45) is -0.391. The lowest BCUT2D eigenvalue weighted by Gasteiger charge is -1.94. The molecule has 1 N–H and O–H groups in total. The Morgan fingerprint density at radius 1 is 1.67 bits per heavy atom. The molecule has 0 aliphatic heterocycles. The molecule has 5 heteroatoms. The van der Waals surface area contributed by atoms with E-state index in [2.05, 4.69) is 28.6 Å². The van der Waals surface area contributed by atoms with Gasteiger partial charge in [0, 0.05) is 0 Å². The molecule has 0 amide bonds. The van der Waals surface area contributed by atoms with Gasteiger partial charge in [-0.3, -0.25) is 4.89 Å². The standard InChI is InChI=1S/C4H4O4S/c1-2-3(9)7-8-4(5)6/h2H,1H2,(H,5,6). The maximum absolute atomic E-state index is 9.58. The Morgan fingerprint density at radius 3 is 2.56 bits per heavy atom. The van der Waals surface area contributed by atoms with Crippen molar-refractivity contribution < 1.29 is 19.7 Å². The minimum atomic E-state index is -1.54. The van der Waals surface area contributed by atoms with Gasteiger partial charge in [0.1, 0.15) is 0 Å². The second-order valence-corrected chi connectivity index (χ2v) is 1.36. The van der Waals surface area contributed by atoms with Crippen LogP contribution in [0.2, 0.25) is 0 Å². The fourth-order valence-electron chi connectivity index (χ4n) is 0.111. The van der Waals surface area contributed by atoms with Crippen LogP contribution in [-0.2, 0) is 9.78 Å². The fraction of sp³-hybridized carbons (Fsp3) is 0. The summed E-state index contributed by atoms with van der Waals surface area (Å²) in [4.78, 5) is 17.1. The van der Waals surface area contributed by atoms with Crippen LogP contribution in [0.5, 0.6) is 0 Å². The first-order valence-corrected chi connectivity index (χ1v) is 2.31. The van der Waals surface area contributed by atoms with Crippen LogP contribution in [0.4, 0.5) is 4.79 Å². The van der Waals surface area contributed by atoms with Gasteiger partial charge in [0.25, 0.3) is 0 Å². The Kier molecular flexibility index (Phi) is 3.38. The van der Waals surface area contributed by atoms with Crippen molar-refractivity contribution in [1.29, 1.82) is 0 Å². The first-order valence-electron chi connectivity index (χ1n) is 1.90. The molecule has 0 fully saturated rings. The van der Waals surface area contributed by atoms with Gasteiger partial charge in [0.05, 0.1) is 0 Å². The molecule has 0 heterocycles. The first-order chi connectivity index (χ1) is 4.16. The van der Waals surface area contributed by atoms with Crippen molar-refractivity contribution >= 4 is 23.4 Å². The summed E-state index contributed by atoms with van der Waals surface area (Å²) in [5.41, 5.74) is 0. The molecular formula is C4H4O4S. The lowest BCUT2D eigenvalue weighted by Crippen LogP contribution is -2.04. The highest BCUT2D eigenvalue weighted by molar-refractivity contribution is 7.80. The van der Waals surface area contributed by atoms with Gasteiger partial charge in [-0.25, -0.2) is 9.68 Å². The molecule has 0 unspecified atom stereocenters. The summed E-state index contributed by atoms with van der Waals surface area (Å²) in [6, 6.07) is 0. The zero-order chi connectivity index (χ0) is 7.28. The first kappa shape index (κ1) is 7.90. The van der Waals surface area contributed by atoms with E-state index in [1.807, 2.05) is 0 Å². The van der Waals surface area contributed by atoms with E-state index >= 15 is 0 Å². The van der Waals surface area contributed by atoms with Crippen LogP contribution in [0.3, 0.4) is 0 Å². The van der Waals surface area contributed by atoms with Crippen molar-refractivity contribution in [2.75, 3.05) is 0 Å². The number of thiocarbonyl (C=S) groups is 1. The van der Waals surface area contributed by atoms with E-state index in [1.165, 1.54) is 0 Å². The van der Waals surface area contributed by atoms with Crippen molar-refractivity contribution in [3.8, 4) is 0 Å². The molecule has 4 nitrogen and oxygen atoms in total. The van der Waals surface area contributed by atoms with Crippen molar-refractivity contribution in [3.63, 3.8) is 0 Å². The molecule has 0 aromatic rings. The third kappa shape index (κ3) is 4.76. The Morgan fingerprint density at radius 2 is 2.22 bits per heavy atom. The molecule has 0 bridgehead atoms. The molecule has 0 saturated heterocycles. The van der Waals surface area contributed by atoms with Crippen LogP contribution < -0.4 is 0 Å². The summed E-state index contributed by atoms with van der Waals surface area (Å²) in [6.45, 7) is 3.20. The number of hydrogen-bond donors (Lipinski definition) is 1. The zero-order valence-electron chi connectivity index (χ0n) is 4.36. The van der Waals surface area contributed by atoms with Crippen LogP contribution in [0.1, 0.15) is 0 Å². The van der Waals surface area contributed by atoms with Gasteiger partial charge in [-0.15, -0.1) is 0 Å². The fourth-order valence-corrected chi connectivity index (χ4v) is 0.145. The minimum absolute atomic E-state index is 0.114. The highest BCUT2D eigenvalue weighted by Gasteiger charge is 1.97. The third-order valence-electron chi connectivity index (χ3n) is 0.362. The summed E-state index contributed by atoms with van der Waals surface area (Å²) in [5.74, 6) is 0. The lowest BCUT2D eigenvalue weighted by atomic mass is 10.7. The average Bonchev–Trinajstić information content (AvgIpc) is 1.83. The van der Waals surface area contributed by atoms with E-state index < -0.39 is 6.16 Å². The van der Waals surface area contributed by atoms with Gasteiger partial charge in [0.2, 0.25) is 5.05 Å². The summed E-state index contributed by atoms with van der Waals surface area (Å²) >= 11 is 4.35. The van der Waals surface area contributed by atoms with Crippen molar-refractivity contribution in [2.24, 2.45) is 0 Å². The Bertz CT molecular complexity index is 142. The number of carbonyl (C=O) groups is 1. The molecule has 0 saturated carbocycles. The number of rotatable bonds is 1. The maximum Gasteiger partial charge on any atom is 0.547 e. The third-order valence-corrected chi connectivity index (χ3v) is 0.596.